The van der Waals surface area contributed by atoms with Gasteiger partial charge < -0.3 is 15.1 Å². The maximum Gasteiger partial charge on any atom is 0.317 e. The molecule has 4 nitrogen and oxygen atoms in total. The third kappa shape index (κ3) is 4.39. The Hall–Kier alpha value is -1.69. The van der Waals surface area contributed by atoms with Crippen molar-refractivity contribution in [1.82, 2.24) is 15.1 Å². The number of hydrogen-bond donors (Lipinski definition) is 1. The van der Waals surface area contributed by atoms with Crippen molar-refractivity contribution in [1.29, 1.82) is 0 Å². The van der Waals surface area contributed by atoms with Crippen LogP contribution in [0.1, 0.15) is 18.4 Å². The Kier molecular flexibility index (Phi) is 5.12. The van der Waals surface area contributed by atoms with Crippen LogP contribution in [-0.4, -0.2) is 49.1 Å². The number of piperidine rings is 1. The molecule has 1 saturated heterocycles. The molecule has 1 aliphatic heterocycles. The third-order valence-electron chi connectivity index (χ3n) is 3.92. The van der Waals surface area contributed by atoms with Crippen LogP contribution in [0.25, 0.3) is 0 Å². The Labute approximate surface area is 123 Å². The van der Waals surface area contributed by atoms with Gasteiger partial charge in [0.1, 0.15) is 11.6 Å². The molecule has 1 aliphatic rings. The lowest BCUT2D eigenvalue weighted by Gasteiger charge is -2.35. The number of carbonyl (C=O) groups excluding carboxylic acids is 1. The van der Waals surface area contributed by atoms with Gasteiger partial charge in [-0.3, -0.25) is 0 Å². The molecule has 21 heavy (non-hydrogen) atoms. The van der Waals surface area contributed by atoms with Crippen molar-refractivity contribution in [3.63, 3.8) is 0 Å². The van der Waals surface area contributed by atoms with Crippen LogP contribution < -0.4 is 5.32 Å². The number of amides is 2. The minimum atomic E-state index is -0.636. The predicted octanol–water partition coefficient (Wildman–Crippen LogP) is 2.20. The number of nitrogens with zero attached hydrogens (tertiary/aromatic N) is 2. The highest BCUT2D eigenvalue weighted by Crippen LogP contribution is 2.14. The van der Waals surface area contributed by atoms with Crippen molar-refractivity contribution in [2.24, 2.45) is 0 Å². The Bertz CT molecular complexity index is 481. The summed E-state index contributed by atoms with van der Waals surface area (Å²) in [5, 5.41) is 2.70. The molecule has 6 heteroatoms. The van der Waals surface area contributed by atoms with Crippen molar-refractivity contribution >= 4 is 6.03 Å². The van der Waals surface area contributed by atoms with E-state index in [9.17, 15) is 13.6 Å². The molecule has 0 saturated carbocycles. The van der Waals surface area contributed by atoms with E-state index in [2.05, 4.69) is 17.3 Å². The molecule has 0 aliphatic carbocycles. The van der Waals surface area contributed by atoms with Gasteiger partial charge in [-0.2, -0.15) is 0 Å². The van der Waals surface area contributed by atoms with E-state index < -0.39 is 11.6 Å². The number of rotatable bonds is 3. The Morgan fingerprint density at radius 1 is 1.29 bits per heavy atom. The molecule has 0 radical (unpaired) electrons. The zero-order valence-electron chi connectivity index (χ0n) is 12.4. The molecule has 2 amide bonds. The molecule has 116 valence electrons. The maximum atomic E-state index is 13.1. The summed E-state index contributed by atoms with van der Waals surface area (Å²) in [6.07, 6.45) is 1.88. The lowest BCUT2D eigenvalue weighted by molar-refractivity contribution is 0.147. The van der Waals surface area contributed by atoms with Gasteiger partial charge in [0.05, 0.1) is 0 Å². The van der Waals surface area contributed by atoms with E-state index >= 15 is 0 Å². The average molecular weight is 297 g/mol. The summed E-state index contributed by atoms with van der Waals surface area (Å²) in [5.74, 6) is -1.27. The number of benzene rings is 1. The molecule has 0 unspecified atom stereocenters. The quantitative estimate of drug-likeness (QED) is 0.928. The summed E-state index contributed by atoms with van der Waals surface area (Å²) in [6, 6.07) is 3.26. The molecule has 1 N–H and O–H groups in total. The van der Waals surface area contributed by atoms with Gasteiger partial charge in [-0.1, -0.05) is 0 Å². The van der Waals surface area contributed by atoms with E-state index in [1.165, 1.54) is 12.1 Å². The van der Waals surface area contributed by atoms with Gasteiger partial charge in [0.15, 0.2) is 0 Å². The van der Waals surface area contributed by atoms with Gasteiger partial charge in [-0.05, 0) is 50.7 Å². The average Bonchev–Trinajstić information content (AvgIpc) is 2.44. The molecule has 0 bridgehead atoms. The summed E-state index contributed by atoms with van der Waals surface area (Å²) in [5.41, 5.74) is 0.414. The Morgan fingerprint density at radius 2 is 1.86 bits per heavy atom. The van der Waals surface area contributed by atoms with E-state index in [0.29, 0.717) is 5.56 Å². The number of carbonyl (C=O) groups is 1. The Balaban J connectivity index is 1.86. The van der Waals surface area contributed by atoms with Gasteiger partial charge in [0.25, 0.3) is 0 Å². The minimum absolute atomic E-state index is 0.116. The largest absolute Gasteiger partial charge is 0.334 e. The summed E-state index contributed by atoms with van der Waals surface area (Å²) >= 11 is 0. The lowest BCUT2D eigenvalue weighted by Crippen LogP contribution is -2.48. The summed E-state index contributed by atoms with van der Waals surface area (Å²) < 4.78 is 26.1. The second kappa shape index (κ2) is 6.85. The molecule has 1 aromatic carbocycles. The molecule has 0 spiro atoms. The highest BCUT2D eigenvalue weighted by atomic mass is 19.1. The van der Waals surface area contributed by atoms with Crippen LogP contribution in [0.4, 0.5) is 13.6 Å². The minimum Gasteiger partial charge on any atom is -0.334 e. The zero-order chi connectivity index (χ0) is 15.4. The fraction of sp³-hybridized carbons (Fsp3) is 0.533. The van der Waals surface area contributed by atoms with Crippen LogP contribution in [0.2, 0.25) is 0 Å². The van der Waals surface area contributed by atoms with Crippen LogP contribution in [0.3, 0.4) is 0 Å². The number of urea groups is 1. The fourth-order valence-corrected chi connectivity index (χ4v) is 2.56. The van der Waals surface area contributed by atoms with Gasteiger partial charge in [-0.25, -0.2) is 13.6 Å². The summed E-state index contributed by atoms with van der Waals surface area (Å²) in [6.45, 7) is 2.05. The first-order chi connectivity index (χ1) is 9.95. The van der Waals surface area contributed by atoms with Gasteiger partial charge in [0, 0.05) is 25.7 Å². The zero-order valence-corrected chi connectivity index (χ0v) is 12.4. The van der Waals surface area contributed by atoms with E-state index in [0.717, 1.165) is 32.0 Å². The smallest absolute Gasteiger partial charge is 0.317 e. The van der Waals surface area contributed by atoms with E-state index in [1.54, 1.807) is 11.9 Å². The number of nitrogens with one attached hydrogen (secondary N) is 1. The third-order valence-corrected chi connectivity index (χ3v) is 3.92. The normalized spacial score (nSPS) is 16.8. The van der Waals surface area contributed by atoms with E-state index in [-0.39, 0.29) is 18.6 Å². The summed E-state index contributed by atoms with van der Waals surface area (Å²) in [4.78, 5) is 16.0. The van der Waals surface area contributed by atoms with Crippen LogP contribution in [0.5, 0.6) is 0 Å². The van der Waals surface area contributed by atoms with Crippen LogP contribution >= 0.6 is 0 Å². The van der Waals surface area contributed by atoms with Crippen LogP contribution in [0.15, 0.2) is 18.2 Å². The highest BCUT2D eigenvalue weighted by molar-refractivity contribution is 5.74. The molecule has 1 aromatic rings. The molecule has 1 heterocycles. The second-order valence-corrected chi connectivity index (χ2v) is 5.58. The SMILES string of the molecule is CN1CCC(N(C)C(=O)NCc2cc(F)cc(F)c2)CC1. The van der Waals surface area contributed by atoms with Crippen molar-refractivity contribution in [2.75, 3.05) is 27.2 Å². The predicted molar refractivity (Wildman–Crippen MR) is 76.9 cm³/mol. The van der Waals surface area contributed by atoms with Gasteiger partial charge >= 0.3 is 6.03 Å². The van der Waals surface area contributed by atoms with Gasteiger partial charge in [0.2, 0.25) is 0 Å². The monoisotopic (exact) mass is 297 g/mol. The fourth-order valence-electron chi connectivity index (χ4n) is 2.56. The maximum absolute atomic E-state index is 13.1. The number of hydrogen-bond acceptors (Lipinski definition) is 2. The van der Waals surface area contributed by atoms with E-state index in [1.807, 2.05) is 0 Å². The van der Waals surface area contributed by atoms with Crippen molar-refractivity contribution < 1.29 is 13.6 Å². The van der Waals surface area contributed by atoms with Crippen LogP contribution in [0, 0.1) is 11.6 Å². The molecule has 1 fully saturated rings. The highest BCUT2D eigenvalue weighted by Gasteiger charge is 2.23. The first-order valence-corrected chi connectivity index (χ1v) is 7.10. The van der Waals surface area contributed by atoms with E-state index in [4.69, 9.17) is 0 Å². The van der Waals surface area contributed by atoms with Crippen molar-refractivity contribution in [3.05, 3.63) is 35.4 Å². The topological polar surface area (TPSA) is 35.6 Å². The van der Waals surface area contributed by atoms with Gasteiger partial charge in [-0.15, -0.1) is 0 Å². The number of likely N-dealkylation sites (tertiary alicyclic amines) is 1. The first kappa shape index (κ1) is 15.7. The molecular formula is C15H21F2N3O. The molecular weight excluding hydrogens is 276 g/mol. The lowest BCUT2D eigenvalue weighted by atomic mass is 10.0. The van der Waals surface area contributed by atoms with Crippen LogP contribution in [-0.2, 0) is 6.54 Å². The molecule has 2 rings (SSSR count). The standard InChI is InChI=1S/C15H21F2N3O/c1-19-5-3-14(4-6-19)20(2)15(21)18-10-11-7-12(16)9-13(17)8-11/h7-9,14H,3-6,10H2,1-2H3,(H,18,21). The number of halogens is 2. The van der Waals surface area contributed by atoms with Crippen molar-refractivity contribution in [3.8, 4) is 0 Å². The Morgan fingerprint density at radius 3 is 2.43 bits per heavy atom. The first-order valence-electron chi connectivity index (χ1n) is 7.10. The second-order valence-electron chi connectivity index (χ2n) is 5.58. The molecule has 0 atom stereocenters. The molecule has 0 aromatic heterocycles. The van der Waals surface area contributed by atoms with Crippen molar-refractivity contribution in [2.45, 2.75) is 25.4 Å². The summed E-state index contributed by atoms with van der Waals surface area (Å²) in [7, 11) is 3.83.